The highest BCUT2D eigenvalue weighted by molar-refractivity contribution is 7.07. The number of ether oxygens (including phenoxy) is 7. The normalized spacial score (nSPS) is 12.5. The van der Waals surface area contributed by atoms with Gasteiger partial charge >= 0.3 is 12.1 Å². The minimum absolute atomic E-state index is 0.270. The maximum atomic E-state index is 13.8. The second-order valence-corrected chi connectivity index (χ2v) is 12.7. The van der Waals surface area contributed by atoms with Gasteiger partial charge in [0.2, 0.25) is 5.75 Å². The average molecular weight is 689 g/mol. The Labute approximate surface area is 289 Å². The molecule has 12 heteroatoms. The van der Waals surface area contributed by atoms with Crippen LogP contribution in [0.5, 0.6) is 28.7 Å². The summed E-state index contributed by atoms with van der Waals surface area (Å²) >= 11 is 1.60. The molecule has 0 aliphatic carbocycles. The van der Waals surface area contributed by atoms with Gasteiger partial charge in [0.1, 0.15) is 17.9 Å². The van der Waals surface area contributed by atoms with Gasteiger partial charge in [0.05, 0.1) is 35.5 Å². The number of amides is 1. The number of esters is 1. The SMILES string of the molecule is COC(=O)C1=C(c2cc(OC)c(OC)c(OC)c2)c2cc(OC)c(OCc3ccsc3)cc2CN1c1ccc(NC(=O)OC(C)(C)C)cc1. The summed E-state index contributed by atoms with van der Waals surface area (Å²) in [5.74, 6) is 1.70. The zero-order valence-corrected chi connectivity index (χ0v) is 29.6. The highest BCUT2D eigenvalue weighted by Crippen LogP contribution is 2.47. The van der Waals surface area contributed by atoms with Crippen molar-refractivity contribution in [2.24, 2.45) is 0 Å². The maximum absolute atomic E-state index is 13.8. The molecule has 2 heterocycles. The monoisotopic (exact) mass is 688 g/mol. The quantitative estimate of drug-likeness (QED) is 0.158. The third kappa shape index (κ3) is 7.70. The van der Waals surface area contributed by atoms with Crippen molar-refractivity contribution >= 4 is 40.3 Å². The Morgan fingerprint density at radius 3 is 2.06 bits per heavy atom. The fourth-order valence-corrected chi connectivity index (χ4v) is 6.13. The number of nitrogens with zero attached hydrogens (tertiary/aromatic N) is 1. The minimum Gasteiger partial charge on any atom is -0.493 e. The number of methoxy groups -OCH3 is 5. The topological polar surface area (TPSA) is 114 Å². The van der Waals surface area contributed by atoms with Gasteiger partial charge in [-0.2, -0.15) is 11.3 Å². The van der Waals surface area contributed by atoms with Gasteiger partial charge in [-0.25, -0.2) is 9.59 Å². The maximum Gasteiger partial charge on any atom is 0.412 e. The van der Waals surface area contributed by atoms with Crippen LogP contribution in [0.1, 0.15) is 43.0 Å². The lowest BCUT2D eigenvalue weighted by molar-refractivity contribution is -0.136. The van der Waals surface area contributed by atoms with E-state index in [-0.39, 0.29) is 12.2 Å². The third-order valence-electron chi connectivity index (χ3n) is 7.62. The number of carbonyl (C=O) groups excluding carboxylic acids is 2. The number of nitrogens with one attached hydrogen (secondary N) is 1. The first-order valence-electron chi connectivity index (χ1n) is 15.4. The van der Waals surface area contributed by atoms with Gasteiger partial charge in [0.25, 0.3) is 0 Å². The lowest BCUT2D eigenvalue weighted by Crippen LogP contribution is -2.33. The van der Waals surface area contributed by atoms with Crippen LogP contribution in [0.25, 0.3) is 5.57 Å². The van der Waals surface area contributed by atoms with Crippen molar-refractivity contribution in [2.75, 3.05) is 45.8 Å². The molecule has 0 atom stereocenters. The van der Waals surface area contributed by atoms with Crippen molar-refractivity contribution < 1.29 is 42.7 Å². The molecule has 0 saturated heterocycles. The number of hydrogen-bond donors (Lipinski definition) is 1. The summed E-state index contributed by atoms with van der Waals surface area (Å²) < 4.78 is 39.8. The van der Waals surface area contributed by atoms with Crippen LogP contribution < -0.4 is 33.9 Å². The van der Waals surface area contributed by atoms with Crippen LogP contribution >= 0.6 is 11.3 Å². The number of rotatable bonds is 11. The van der Waals surface area contributed by atoms with Crippen molar-refractivity contribution in [1.29, 1.82) is 0 Å². The van der Waals surface area contributed by atoms with Crippen molar-refractivity contribution in [3.63, 3.8) is 0 Å². The molecule has 0 spiro atoms. The van der Waals surface area contributed by atoms with E-state index in [4.69, 9.17) is 33.2 Å². The minimum atomic E-state index is -0.649. The van der Waals surface area contributed by atoms with Crippen LogP contribution in [0.4, 0.5) is 16.2 Å². The van der Waals surface area contributed by atoms with Crippen molar-refractivity contribution in [3.8, 4) is 28.7 Å². The van der Waals surface area contributed by atoms with E-state index in [0.717, 1.165) is 16.7 Å². The largest absolute Gasteiger partial charge is 0.493 e. The first-order valence-corrected chi connectivity index (χ1v) is 16.3. The predicted octanol–water partition coefficient (Wildman–Crippen LogP) is 7.66. The molecule has 3 aromatic carbocycles. The molecule has 1 amide bonds. The fraction of sp³-hybridized carbons (Fsp3) is 0.297. The predicted molar refractivity (Wildman–Crippen MR) is 188 cm³/mol. The molecule has 4 aromatic rings. The zero-order valence-electron chi connectivity index (χ0n) is 28.8. The molecule has 1 aliphatic heterocycles. The number of fused-ring (bicyclic) bond motifs is 1. The van der Waals surface area contributed by atoms with Gasteiger partial charge in [-0.1, -0.05) is 0 Å². The van der Waals surface area contributed by atoms with E-state index < -0.39 is 17.7 Å². The van der Waals surface area contributed by atoms with Crippen LogP contribution in [0, 0.1) is 0 Å². The lowest BCUT2D eigenvalue weighted by atomic mass is 9.87. The highest BCUT2D eigenvalue weighted by Gasteiger charge is 2.34. The summed E-state index contributed by atoms with van der Waals surface area (Å²) in [4.78, 5) is 28.1. The standard InChI is InChI=1S/C37H40N2O9S/c1-37(2,3)48-36(41)38-25-9-11-26(12-10-25)39-19-24-17-29(47-20-22-13-14-49-21-22)28(42-4)18-27(24)32(33(39)35(40)46-8)23-15-30(43-5)34(45-7)31(16-23)44-6/h9-18,21H,19-20H2,1-8H3,(H,38,41). The van der Waals surface area contributed by atoms with Crippen molar-refractivity contribution in [3.05, 3.63) is 93.3 Å². The molecule has 0 radical (unpaired) electrons. The molecule has 258 valence electrons. The number of benzene rings is 3. The number of thiophene rings is 1. The van der Waals surface area contributed by atoms with Crippen LogP contribution in [-0.4, -0.2) is 53.2 Å². The summed E-state index contributed by atoms with van der Waals surface area (Å²) in [7, 11) is 7.51. The first kappa shape index (κ1) is 35.0. The van der Waals surface area contributed by atoms with E-state index in [1.54, 1.807) is 63.5 Å². The molecule has 0 bridgehead atoms. The number of anilines is 2. The molecule has 1 aliphatic rings. The lowest BCUT2D eigenvalue weighted by Gasteiger charge is -2.35. The fourth-order valence-electron chi connectivity index (χ4n) is 5.48. The second kappa shape index (κ2) is 14.8. The van der Waals surface area contributed by atoms with Crippen molar-refractivity contribution in [2.45, 2.75) is 39.5 Å². The van der Waals surface area contributed by atoms with Gasteiger partial charge in [-0.05, 0) is 108 Å². The summed E-state index contributed by atoms with van der Waals surface area (Å²) in [5, 5.41) is 6.78. The van der Waals surface area contributed by atoms with Gasteiger partial charge in [0.15, 0.2) is 23.0 Å². The van der Waals surface area contributed by atoms with Gasteiger partial charge < -0.3 is 38.1 Å². The van der Waals surface area contributed by atoms with Gasteiger partial charge in [-0.15, -0.1) is 0 Å². The molecule has 5 rings (SSSR count). The van der Waals surface area contributed by atoms with Crippen LogP contribution in [0.3, 0.4) is 0 Å². The molecular formula is C37H40N2O9S. The Morgan fingerprint density at radius 2 is 1.51 bits per heavy atom. The van der Waals surface area contributed by atoms with E-state index in [1.807, 2.05) is 46.0 Å². The zero-order chi connectivity index (χ0) is 35.3. The smallest absolute Gasteiger partial charge is 0.412 e. The summed E-state index contributed by atoms with van der Waals surface area (Å²) in [6, 6.07) is 16.5. The van der Waals surface area contributed by atoms with E-state index >= 15 is 0 Å². The second-order valence-electron chi connectivity index (χ2n) is 12.0. The van der Waals surface area contributed by atoms with Crippen LogP contribution in [-0.2, 0) is 27.4 Å². The van der Waals surface area contributed by atoms with Crippen molar-refractivity contribution in [1.82, 2.24) is 0 Å². The molecule has 1 N–H and O–H groups in total. The Morgan fingerprint density at radius 1 is 0.837 bits per heavy atom. The molecular weight excluding hydrogens is 648 g/mol. The van der Waals surface area contributed by atoms with Gasteiger partial charge in [-0.3, -0.25) is 5.32 Å². The Hall–Kier alpha value is -5.36. The van der Waals surface area contributed by atoms with Gasteiger partial charge in [0, 0.05) is 23.5 Å². The average Bonchev–Trinajstić information content (AvgIpc) is 3.61. The van der Waals surface area contributed by atoms with E-state index in [2.05, 4.69) is 5.32 Å². The first-order chi connectivity index (χ1) is 23.5. The highest BCUT2D eigenvalue weighted by atomic mass is 32.1. The molecule has 0 saturated carbocycles. The van der Waals surface area contributed by atoms with E-state index in [9.17, 15) is 9.59 Å². The van der Waals surface area contributed by atoms with E-state index in [1.165, 1.54) is 28.4 Å². The van der Waals surface area contributed by atoms with Crippen LogP contribution in [0.2, 0.25) is 0 Å². The van der Waals surface area contributed by atoms with Crippen LogP contribution in [0.15, 0.2) is 71.1 Å². The summed E-state index contributed by atoms with van der Waals surface area (Å²) in [5.41, 5.74) is 4.60. The third-order valence-corrected chi connectivity index (χ3v) is 8.36. The van der Waals surface area contributed by atoms with E-state index in [0.29, 0.717) is 57.9 Å². The molecule has 0 fully saturated rings. The Balaban J connectivity index is 1.69. The molecule has 0 unspecified atom stereocenters. The number of carbonyl (C=O) groups is 2. The Bertz CT molecular complexity index is 1820. The molecule has 49 heavy (non-hydrogen) atoms. The molecule has 1 aromatic heterocycles. The molecule has 11 nitrogen and oxygen atoms in total. The summed E-state index contributed by atoms with van der Waals surface area (Å²) in [6.45, 7) is 6.03. The summed E-state index contributed by atoms with van der Waals surface area (Å²) in [6.07, 6.45) is -0.573. The number of hydrogen-bond acceptors (Lipinski definition) is 11. The Kier molecular flexibility index (Phi) is 10.6.